The molecule has 0 bridgehead atoms. The second-order valence-electron chi connectivity index (χ2n) is 4.66. The van der Waals surface area contributed by atoms with Gasteiger partial charge in [0.05, 0.1) is 5.52 Å². The number of carbonyl (C=O) groups is 1. The van der Waals surface area contributed by atoms with E-state index in [4.69, 9.17) is 10.8 Å². The predicted molar refractivity (Wildman–Crippen MR) is 72.5 cm³/mol. The average molecular weight is 309 g/mol. The maximum atomic E-state index is 11.1. The highest BCUT2D eigenvalue weighted by Crippen LogP contribution is 2.34. The number of aliphatic carboxylic acids is 1. The van der Waals surface area contributed by atoms with Crippen LogP contribution < -0.4 is 5.73 Å². The molecule has 0 saturated heterocycles. The van der Waals surface area contributed by atoms with E-state index in [2.05, 4.69) is 26.6 Å². The molecular formula is C13H13BrN2O2. The summed E-state index contributed by atoms with van der Waals surface area (Å²) in [5.41, 5.74) is 8.85. The third-order valence-corrected chi connectivity index (χ3v) is 3.95. The lowest BCUT2D eigenvalue weighted by molar-refractivity contribution is -0.138. The van der Waals surface area contributed by atoms with Crippen LogP contribution in [0.2, 0.25) is 0 Å². The van der Waals surface area contributed by atoms with Crippen molar-refractivity contribution in [1.82, 2.24) is 4.57 Å². The number of carboxylic acids is 1. The quantitative estimate of drug-likeness (QED) is 0.895. The molecule has 0 aliphatic carbocycles. The van der Waals surface area contributed by atoms with Gasteiger partial charge < -0.3 is 15.4 Å². The van der Waals surface area contributed by atoms with Crippen molar-refractivity contribution in [3.63, 3.8) is 0 Å². The molecule has 3 N–H and O–H groups in total. The lowest BCUT2D eigenvalue weighted by atomic mass is 10.0. The molecule has 1 aliphatic rings. The molecule has 1 atom stereocenters. The van der Waals surface area contributed by atoms with Crippen molar-refractivity contribution < 1.29 is 9.90 Å². The SMILES string of the molecule is NC(C(=O)O)c1cn2c3c(cc(Br)cc13)CCC2. The van der Waals surface area contributed by atoms with Crippen LogP contribution in [0.15, 0.2) is 22.8 Å². The predicted octanol–water partition coefficient (Wildman–Crippen LogP) is 2.43. The van der Waals surface area contributed by atoms with Crippen molar-refractivity contribution in [2.75, 3.05) is 0 Å². The van der Waals surface area contributed by atoms with Gasteiger partial charge in [-0.15, -0.1) is 0 Å². The first-order valence-electron chi connectivity index (χ1n) is 5.87. The Morgan fingerprint density at radius 1 is 1.50 bits per heavy atom. The topological polar surface area (TPSA) is 68.2 Å². The Morgan fingerprint density at radius 2 is 2.28 bits per heavy atom. The molecule has 2 heterocycles. The number of rotatable bonds is 2. The fraction of sp³-hybridized carbons (Fsp3) is 0.308. The van der Waals surface area contributed by atoms with E-state index in [1.165, 1.54) is 5.56 Å². The Bertz CT molecular complexity index is 648. The molecule has 18 heavy (non-hydrogen) atoms. The fourth-order valence-corrected chi connectivity index (χ4v) is 3.21. The molecule has 0 saturated carbocycles. The van der Waals surface area contributed by atoms with E-state index in [1.54, 1.807) is 0 Å². The van der Waals surface area contributed by atoms with Gasteiger partial charge in [0, 0.05) is 28.2 Å². The Morgan fingerprint density at radius 3 is 3.00 bits per heavy atom. The van der Waals surface area contributed by atoms with Crippen LogP contribution in [-0.4, -0.2) is 15.6 Å². The zero-order chi connectivity index (χ0) is 12.9. The lowest BCUT2D eigenvalue weighted by Crippen LogP contribution is -2.20. The standard InChI is InChI=1S/C13H13BrN2O2/c14-8-4-7-2-1-3-16-6-10(11(15)13(17)18)9(5-8)12(7)16/h4-6,11H,1-3,15H2,(H,17,18). The van der Waals surface area contributed by atoms with Crippen molar-refractivity contribution in [2.45, 2.75) is 25.4 Å². The molecule has 1 aliphatic heterocycles. The zero-order valence-electron chi connectivity index (χ0n) is 9.69. The minimum atomic E-state index is -0.991. The first-order valence-corrected chi connectivity index (χ1v) is 6.67. The van der Waals surface area contributed by atoms with Crippen LogP contribution in [0, 0.1) is 0 Å². The zero-order valence-corrected chi connectivity index (χ0v) is 11.3. The van der Waals surface area contributed by atoms with E-state index in [0.717, 1.165) is 34.8 Å². The van der Waals surface area contributed by atoms with Gasteiger partial charge >= 0.3 is 5.97 Å². The number of carboxylic acid groups (broad SMARTS) is 1. The monoisotopic (exact) mass is 308 g/mol. The van der Waals surface area contributed by atoms with Crippen molar-refractivity contribution >= 4 is 32.8 Å². The fourth-order valence-electron chi connectivity index (χ4n) is 2.70. The van der Waals surface area contributed by atoms with Crippen LogP contribution in [0.25, 0.3) is 10.9 Å². The van der Waals surface area contributed by atoms with Crippen LogP contribution in [0.1, 0.15) is 23.6 Å². The van der Waals surface area contributed by atoms with Crippen molar-refractivity contribution in [3.8, 4) is 0 Å². The summed E-state index contributed by atoms with van der Waals surface area (Å²) >= 11 is 3.48. The number of benzene rings is 1. The van der Waals surface area contributed by atoms with Gasteiger partial charge in [-0.3, -0.25) is 4.79 Å². The number of halogens is 1. The summed E-state index contributed by atoms with van der Waals surface area (Å²) in [6.45, 7) is 0.928. The highest BCUT2D eigenvalue weighted by Gasteiger charge is 2.23. The van der Waals surface area contributed by atoms with Crippen LogP contribution in [0.3, 0.4) is 0 Å². The van der Waals surface area contributed by atoms with Gasteiger partial charge in [-0.25, -0.2) is 0 Å². The molecule has 0 amide bonds. The molecule has 1 unspecified atom stereocenters. The van der Waals surface area contributed by atoms with E-state index in [1.807, 2.05) is 12.3 Å². The number of aromatic nitrogens is 1. The molecule has 94 valence electrons. The second kappa shape index (κ2) is 4.10. The second-order valence-corrected chi connectivity index (χ2v) is 5.57. The van der Waals surface area contributed by atoms with Gasteiger partial charge in [-0.2, -0.15) is 0 Å². The summed E-state index contributed by atoms with van der Waals surface area (Å²) in [6.07, 6.45) is 4.00. The molecule has 1 aromatic carbocycles. The van der Waals surface area contributed by atoms with E-state index in [-0.39, 0.29) is 0 Å². The maximum absolute atomic E-state index is 11.1. The summed E-state index contributed by atoms with van der Waals surface area (Å²) < 4.78 is 3.10. The largest absolute Gasteiger partial charge is 0.480 e. The summed E-state index contributed by atoms with van der Waals surface area (Å²) in [7, 11) is 0. The first-order chi connectivity index (χ1) is 8.58. The van der Waals surface area contributed by atoms with Gasteiger partial charge in [-0.05, 0) is 30.5 Å². The van der Waals surface area contributed by atoms with Gasteiger partial charge in [-0.1, -0.05) is 15.9 Å². The van der Waals surface area contributed by atoms with E-state index >= 15 is 0 Å². The molecular weight excluding hydrogens is 296 g/mol. The number of nitrogens with zero attached hydrogens (tertiary/aromatic N) is 1. The minimum absolute atomic E-state index is 0.696. The normalized spacial score (nSPS) is 15.9. The number of nitrogens with two attached hydrogens (primary N) is 1. The molecule has 2 aromatic rings. The molecule has 5 heteroatoms. The van der Waals surface area contributed by atoms with Crippen LogP contribution in [0.4, 0.5) is 0 Å². The smallest absolute Gasteiger partial charge is 0.325 e. The Hall–Kier alpha value is -1.33. The van der Waals surface area contributed by atoms with Gasteiger partial charge in [0.15, 0.2) is 0 Å². The Kier molecular flexibility index (Phi) is 2.68. The highest BCUT2D eigenvalue weighted by molar-refractivity contribution is 9.10. The molecule has 0 spiro atoms. The molecule has 1 aromatic heterocycles. The van der Waals surface area contributed by atoms with Crippen molar-refractivity contribution in [1.29, 1.82) is 0 Å². The van der Waals surface area contributed by atoms with Gasteiger partial charge in [0.2, 0.25) is 0 Å². The first kappa shape index (κ1) is 11.7. The molecule has 0 fully saturated rings. The summed E-state index contributed by atoms with van der Waals surface area (Å²) in [6, 6.07) is 3.10. The van der Waals surface area contributed by atoms with Gasteiger partial charge in [0.1, 0.15) is 6.04 Å². The van der Waals surface area contributed by atoms with E-state index < -0.39 is 12.0 Å². The third-order valence-electron chi connectivity index (χ3n) is 3.49. The Balaban J connectivity index is 2.32. The molecule has 0 radical (unpaired) electrons. The molecule has 4 nitrogen and oxygen atoms in total. The summed E-state index contributed by atoms with van der Waals surface area (Å²) in [4.78, 5) is 11.1. The lowest BCUT2D eigenvalue weighted by Gasteiger charge is -2.15. The van der Waals surface area contributed by atoms with Crippen LogP contribution in [0.5, 0.6) is 0 Å². The average Bonchev–Trinajstić information content (AvgIpc) is 2.68. The summed E-state index contributed by atoms with van der Waals surface area (Å²) in [5.74, 6) is -0.991. The molecule has 3 rings (SSSR count). The highest BCUT2D eigenvalue weighted by atomic mass is 79.9. The number of hydrogen-bond donors (Lipinski definition) is 2. The summed E-state index contributed by atoms with van der Waals surface area (Å²) in [5, 5.41) is 10.0. The number of hydrogen-bond acceptors (Lipinski definition) is 2. The van der Waals surface area contributed by atoms with Crippen molar-refractivity contribution in [3.05, 3.63) is 33.9 Å². The minimum Gasteiger partial charge on any atom is -0.480 e. The maximum Gasteiger partial charge on any atom is 0.325 e. The third kappa shape index (κ3) is 1.66. The van der Waals surface area contributed by atoms with Gasteiger partial charge in [0.25, 0.3) is 0 Å². The van der Waals surface area contributed by atoms with E-state index in [0.29, 0.717) is 5.56 Å². The van der Waals surface area contributed by atoms with Crippen molar-refractivity contribution in [2.24, 2.45) is 5.73 Å². The number of aryl methyl sites for hydroxylation is 2. The van der Waals surface area contributed by atoms with Crippen LogP contribution >= 0.6 is 15.9 Å². The van der Waals surface area contributed by atoms with Crippen LogP contribution in [-0.2, 0) is 17.8 Å². The Labute approximate surface area is 113 Å². The van der Waals surface area contributed by atoms with E-state index in [9.17, 15) is 4.79 Å².